The first-order chi connectivity index (χ1) is 13.0. The number of sulfone groups is 1. The SMILES string of the molecule is O=C(c1ccc(N2CCCC3(CC=CCC3)C2)nc1)N1CCS(=O)(=O)CC1. The number of aromatic nitrogens is 1. The molecule has 2 aliphatic heterocycles. The van der Waals surface area contributed by atoms with Gasteiger partial charge in [0, 0.05) is 32.4 Å². The summed E-state index contributed by atoms with van der Waals surface area (Å²) in [4.78, 5) is 21.1. The minimum atomic E-state index is -2.99. The minimum Gasteiger partial charge on any atom is -0.356 e. The minimum absolute atomic E-state index is 0.0502. The van der Waals surface area contributed by atoms with E-state index in [9.17, 15) is 13.2 Å². The Morgan fingerprint density at radius 1 is 1.07 bits per heavy atom. The first-order valence-electron chi connectivity index (χ1n) is 9.82. The van der Waals surface area contributed by atoms with Crippen LogP contribution < -0.4 is 4.90 Å². The maximum atomic E-state index is 12.6. The summed E-state index contributed by atoms with van der Waals surface area (Å²) < 4.78 is 23.1. The van der Waals surface area contributed by atoms with Gasteiger partial charge < -0.3 is 9.80 Å². The van der Waals surface area contributed by atoms with E-state index < -0.39 is 9.84 Å². The summed E-state index contributed by atoms with van der Waals surface area (Å²) in [5, 5.41) is 0. The van der Waals surface area contributed by atoms with Crippen LogP contribution in [0.5, 0.6) is 0 Å². The molecule has 1 aliphatic carbocycles. The van der Waals surface area contributed by atoms with Gasteiger partial charge in [0.25, 0.3) is 5.91 Å². The summed E-state index contributed by atoms with van der Waals surface area (Å²) in [6.07, 6.45) is 12.3. The lowest BCUT2D eigenvalue weighted by Gasteiger charge is -2.44. The smallest absolute Gasteiger partial charge is 0.255 e. The average Bonchev–Trinajstić information content (AvgIpc) is 2.68. The quantitative estimate of drug-likeness (QED) is 0.726. The van der Waals surface area contributed by atoms with Gasteiger partial charge in [0.05, 0.1) is 17.1 Å². The van der Waals surface area contributed by atoms with E-state index in [1.165, 1.54) is 25.7 Å². The Bertz CT molecular complexity index is 821. The average molecular weight is 390 g/mol. The molecule has 2 fully saturated rings. The maximum absolute atomic E-state index is 12.6. The van der Waals surface area contributed by atoms with Crippen LogP contribution in [0.3, 0.4) is 0 Å². The number of carbonyl (C=O) groups excluding carboxylic acids is 1. The fourth-order valence-electron chi connectivity index (χ4n) is 4.51. The molecule has 1 unspecified atom stereocenters. The largest absolute Gasteiger partial charge is 0.356 e. The van der Waals surface area contributed by atoms with Crippen LogP contribution in [-0.2, 0) is 9.84 Å². The highest BCUT2D eigenvalue weighted by atomic mass is 32.2. The molecule has 0 N–H and O–H groups in total. The molecular weight excluding hydrogens is 362 g/mol. The summed E-state index contributed by atoms with van der Waals surface area (Å²) in [6.45, 7) is 2.58. The van der Waals surface area contributed by atoms with Crippen LogP contribution in [0.1, 0.15) is 42.5 Å². The second-order valence-corrected chi connectivity index (χ2v) is 10.4. The molecule has 3 heterocycles. The molecule has 1 aromatic heterocycles. The van der Waals surface area contributed by atoms with Crippen molar-refractivity contribution in [2.45, 2.75) is 32.1 Å². The van der Waals surface area contributed by atoms with E-state index in [0.29, 0.717) is 11.0 Å². The normalized spacial score (nSPS) is 27.7. The third kappa shape index (κ3) is 4.03. The van der Waals surface area contributed by atoms with Crippen molar-refractivity contribution in [3.8, 4) is 0 Å². The number of pyridine rings is 1. The highest BCUT2D eigenvalue weighted by Crippen LogP contribution is 2.41. The maximum Gasteiger partial charge on any atom is 0.255 e. The Kier molecular flexibility index (Phi) is 4.97. The Hall–Kier alpha value is -1.89. The summed E-state index contributed by atoms with van der Waals surface area (Å²) >= 11 is 0. The monoisotopic (exact) mass is 389 g/mol. The molecule has 2 saturated heterocycles. The molecule has 1 spiro atoms. The van der Waals surface area contributed by atoms with Gasteiger partial charge in [-0.05, 0) is 49.7 Å². The molecule has 1 aromatic rings. The zero-order valence-corrected chi connectivity index (χ0v) is 16.5. The van der Waals surface area contributed by atoms with Crippen LogP contribution in [0.2, 0.25) is 0 Å². The number of hydrogen-bond acceptors (Lipinski definition) is 5. The van der Waals surface area contributed by atoms with E-state index in [0.717, 1.165) is 25.3 Å². The summed E-state index contributed by atoms with van der Waals surface area (Å²) in [5.74, 6) is 0.904. The summed E-state index contributed by atoms with van der Waals surface area (Å²) in [5.41, 5.74) is 0.910. The third-order valence-electron chi connectivity index (χ3n) is 6.17. The van der Waals surface area contributed by atoms with Crippen LogP contribution in [0.4, 0.5) is 5.82 Å². The summed E-state index contributed by atoms with van der Waals surface area (Å²) in [6, 6.07) is 3.77. The Labute approximate surface area is 161 Å². The van der Waals surface area contributed by atoms with Gasteiger partial charge in [0.1, 0.15) is 5.82 Å². The molecule has 0 bridgehead atoms. The predicted octanol–water partition coefficient (Wildman–Crippen LogP) is 2.28. The van der Waals surface area contributed by atoms with Gasteiger partial charge in [0.15, 0.2) is 9.84 Å². The van der Waals surface area contributed by atoms with Gasteiger partial charge in [0.2, 0.25) is 0 Å². The molecule has 0 radical (unpaired) electrons. The first-order valence-corrected chi connectivity index (χ1v) is 11.6. The Balaban J connectivity index is 1.43. The highest BCUT2D eigenvalue weighted by molar-refractivity contribution is 7.91. The fourth-order valence-corrected chi connectivity index (χ4v) is 5.72. The van der Waals surface area contributed by atoms with E-state index in [1.807, 2.05) is 12.1 Å². The van der Waals surface area contributed by atoms with Gasteiger partial charge in [-0.1, -0.05) is 12.2 Å². The molecular formula is C20H27N3O3S. The third-order valence-corrected chi connectivity index (χ3v) is 7.78. The van der Waals surface area contributed by atoms with Crippen molar-refractivity contribution >= 4 is 21.6 Å². The van der Waals surface area contributed by atoms with Crippen molar-refractivity contribution in [2.24, 2.45) is 5.41 Å². The molecule has 0 saturated carbocycles. The van der Waals surface area contributed by atoms with Gasteiger partial charge >= 0.3 is 0 Å². The molecule has 3 aliphatic rings. The van der Waals surface area contributed by atoms with Crippen LogP contribution in [-0.4, -0.2) is 61.9 Å². The number of amides is 1. The van der Waals surface area contributed by atoms with Gasteiger partial charge in [-0.2, -0.15) is 0 Å². The zero-order valence-electron chi connectivity index (χ0n) is 15.6. The van der Waals surface area contributed by atoms with Crippen LogP contribution in [0.15, 0.2) is 30.5 Å². The molecule has 7 heteroatoms. The Morgan fingerprint density at radius 2 is 1.89 bits per heavy atom. The number of piperidine rings is 1. The lowest BCUT2D eigenvalue weighted by Crippen LogP contribution is -2.44. The van der Waals surface area contributed by atoms with Crippen molar-refractivity contribution in [3.05, 3.63) is 36.0 Å². The molecule has 146 valence electrons. The van der Waals surface area contributed by atoms with E-state index >= 15 is 0 Å². The predicted molar refractivity (Wildman–Crippen MR) is 106 cm³/mol. The molecule has 6 nitrogen and oxygen atoms in total. The van der Waals surface area contributed by atoms with E-state index in [-0.39, 0.29) is 30.5 Å². The van der Waals surface area contributed by atoms with E-state index in [4.69, 9.17) is 0 Å². The van der Waals surface area contributed by atoms with Gasteiger partial charge in [-0.15, -0.1) is 0 Å². The lowest BCUT2D eigenvalue weighted by atomic mass is 9.71. The lowest BCUT2D eigenvalue weighted by molar-refractivity contribution is 0.0770. The number of anilines is 1. The first kappa shape index (κ1) is 18.5. The molecule has 4 rings (SSSR count). The fraction of sp³-hybridized carbons (Fsp3) is 0.600. The number of nitrogens with zero attached hydrogens (tertiary/aromatic N) is 3. The van der Waals surface area contributed by atoms with Crippen LogP contribution in [0, 0.1) is 5.41 Å². The van der Waals surface area contributed by atoms with Crippen molar-refractivity contribution < 1.29 is 13.2 Å². The van der Waals surface area contributed by atoms with Crippen molar-refractivity contribution in [1.29, 1.82) is 0 Å². The second kappa shape index (κ2) is 7.26. The Morgan fingerprint density at radius 3 is 2.56 bits per heavy atom. The summed E-state index contributed by atoms with van der Waals surface area (Å²) in [7, 11) is -2.99. The zero-order chi connectivity index (χ0) is 18.9. The van der Waals surface area contributed by atoms with E-state index in [1.54, 1.807) is 11.1 Å². The van der Waals surface area contributed by atoms with Crippen LogP contribution >= 0.6 is 0 Å². The molecule has 1 amide bonds. The second-order valence-electron chi connectivity index (χ2n) is 8.09. The number of rotatable bonds is 2. The van der Waals surface area contributed by atoms with Gasteiger partial charge in [-0.3, -0.25) is 4.79 Å². The van der Waals surface area contributed by atoms with Crippen molar-refractivity contribution in [3.63, 3.8) is 0 Å². The standard InChI is InChI=1S/C20H27N3O3S/c24-19(22-11-13-27(25,26)14-12-22)17-5-6-18(21-15-17)23-10-4-9-20(16-23)7-2-1-3-8-20/h1-2,5-6,15H,3-4,7-14,16H2. The van der Waals surface area contributed by atoms with Crippen molar-refractivity contribution in [1.82, 2.24) is 9.88 Å². The molecule has 27 heavy (non-hydrogen) atoms. The van der Waals surface area contributed by atoms with E-state index in [2.05, 4.69) is 22.0 Å². The van der Waals surface area contributed by atoms with Crippen molar-refractivity contribution in [2.75, 3.05) is 42.6 Å². The number of carbonyl (C=O) groups is 1. The number of allylic oxidation sites excluding steroid dienone is 2. The highest BCUT2D eigenvalue weighted by Gasteiger charge is 2.35. The molecule has 1 atom stereocenters. The topological polar surface area (TPSA) is 70.6 Å². The van der Waals surface area contributed by atoms with Gasteiger partial charge in [-0.25, -0.2) is 13.4 Å². The van der Waals surface area contributed by atoms with Crippen LogP contribution in [0.25, 0.3) is 0 Å². The molecule has 0 aromatic carbocycles. The number of hydrogen-bond donors (Lipinski definition) is 0.